The molecule has 2 aromatic carbocycles. The summed E-state index contributed by atoms with van der Waals surface area (Å²) in [5.41, 5.74) is 3.77. The van der Waals surface area contributed by atoms with Crippen LogP contribution in [0.25, 0.3) is 11.1 Å². The maximum absolute atomic E-state index is 11.2. The highest BCUT2D eigenvalue weighted by molar-refractivity contribution is 7.46. The summed E-state index contributed by atoms with van der Waals surface area (Å²) >= 11 is 0. The van der Waals surface area contributed by atoms with Crippen LogP contribution < -0.4 is 0 Å². The first-order valence-electron chi connectivity index (χ1n) is 11.1. The summed E-state index contributed by atoms with van der Waals surface area (Å²) in [5.74, 6) is 6.29. The predicted molar refractivity (Wildman–Crippen MR) is 128 cm³/mol. The van der Waals surface area contributed by atoms with Crippen LogP contribution in [0.1, 0.15) is 41.9 Å². The quantitative estimate of drug-likeness (QED) is 0.289. The van der Waals surface area contributed by atoms with Crippen LogP contribution in [0.3, 0.4) is 0 Å². The Hall–Kier alpha value is -2.80. The Balaban J connectivity index is 1.51. The number of ether oxygens (including phenoxy) is 1. The second-order valence-corrected chi connectivity index (χ2v) is 9.59. The van der Waals surface area contributed by atoms with Crippen molar-refractivity contribution < 1.29 is 33.8 Å². The number of phosphoric acid groups is 1. The van der Waals surface area contributed by atoms with Crippen LogP contribution >= 0.6 is 7.82 Å². The van der Waals surface area contributed by atoms with Crippen LogP contribution in [0.5, 0.6) is 0 Å². The third kappa shape index (κ3) is 6.45. The van der Waals surface area contributed by atoms with E-state index in [2.05, 4.69) is 21.3 Å². The van der Waals surface area contributed by atoms with Gasteiger partial charge in [-0.1, -0.05) is 48.2 Å². The number of benzene rings is 2. The summed E-state index contributed by atoms with van der Waals surface area (Å²) in [4.78, 5) is 22.3. The minimum atomic E-state index is -4.70. The molecule has 1 fully saturated rings. The zero-order valence-corrected chi connectivity index (χ0v) is 20.0. The number of rotatable bonds is 7. The van der Waals surface area contributed by atoms with Crippen molar-refractivity contribution in [1.29, 1.82) is 0 Å². The van der Waals surface area contributed by atoms with Gasteiger partial charge in [-0.3, -0.25) is 4.52 Å². The largest absolute Gasteiger partial charge is 0.469 e. The van der Waals surface area contributed by atoms with Gasteiger partial charge in [0.1, 0.15) is 18.0 Å². The molecule has 1 aromatic heterocycles. The fourth-order valence-corrected chi connectivity index (χ4v) is 4.30. The number of hydrogen-bond acceptors (Lipinski definition) is 6. The van der Waals surface area contributed by atoms with E-state index in [-0.39, 0.29) is 12.5 Å². The number of aliphatic hydroxyl groups is 2. The number of nitrogens with zero attached hydrogens (tertiary/aromatic N) is 2. The average molecular weight is 498 g/mol. The molecular weight excluding hydrogens is 471 g/mol. The van der Waals surface area contributed by atoms with Gasteiger partial charge in [-0.2, -0.15) is 0 Å². The third-order valence-electron chi connectivity index (χ3n) is 5.80. The number of phosphoric ester groups is 1. The molecule has 184 valence electrons. The maximum Gasteiger partial charge on any atom is 0.469 e. The van der Waals surface area contributed by atoms with Gasteiger partial charge in [0.2, 0.25) is 0 Å². The van der Waals surface area contributed by atoms with Crippen LogP contribution in [-0.2, 0) is 13.8 Å². The lowest BCUT2D eigenvalue weighted by molar-refractivity contribution is 0.124. The first-order chi connectivity index (χ1) is 16.7. The highest BCUT2D eigenvalue weighted by Gasteiger charge is 2.27. The zero-order valence-electron chi connectivity index (χ0n) is 19.1. The minimum Gasteiger partial charge on any atom is -0.390 e. The molecule has 0 aliphatic carbocycles. The molecule has 1 saturated heterocycles. The summed E-state index contributed by atoms with van der Waals surface area (Å²) in [7, 11) is -4.70. The van der Waals surface area contributed by atoms with Crippen LogP contribution in [0.2, 0.25) is 0 Å². The van der Waals surface area contributed by atoms with E-state index < -0.39 is 26.1 Å². The molecule has 4 N–H and O–H groups in total. The van der Waals surface area contributed by atoms with Crippen LogP contribution in [0.4, 0.5) is 0 Å². The summed E-state index contributed by atoms with van der Waals surface area (Å²) in [6.07, 6.45) is 1.69. The van der Waals surface area contributed by atoms with Crippen LogP contribution in [0, 0.1) is 11.8 Å². The molecule has 0 saturated carbocycles. The van der Waals surface area contributed by atoms with Gasteiger partial charge in [0.15, 0.2) is 0 Å². The normalized spacial score (nSPS) is 19.7. The molecule has 3 aromatic rings. The van der Waals surface area contributed by atoms with Gasteiger partial charge in [0.25, 0.3) is 0 Å². The van der Waals surface area contributed by atoms with Gasteiger partial charge in [0, 0.05) is 23.9 Å². The van der Waals surface area contributed by atoms with E-state index in [9.17, 15) is 14.8 Å². The number of imidazole rings is 1. The topological polar surface area (TPSA) is 134 Å². The summed E-state index contributed by atoms with van der Waals surface area (Å²) in [6, 6.07) is 14.8. The van der Waals surface area contributed by atoms with E-state index in [1.807, 2.05) is 48.5 Å². The van der Waals surface area contributed by atoms with Crippen LogP contribution in [0.15, 0.2) is 60.9 Å². The molecular formula is C25H27N2O7P. The molecule has 1 aliphatic heterocycles. The Morgan fingerprint density at radius 2 is 1.80 bits per heavy atom. The fourth-order valence-electron chi connectivity index (χ4n) is 3.97. The molecule has 1 aliphatic rings. The number of aromatic nitrogens is 2. The van der Waals surface area contributed by atoms with Crippen LogP contribution in [-0.4, -0.2) is 55.5 Å². The lowest BCUT2D eigenvalue weighted by atomic mass is 9.94. The van der Waals surface area contributed by atoms with Gasteiger partial charge in [-0.25, -0.2) is 9.55 Å². The Morgan fingerprint density at radius 3 is 2.37 bits per heavy atom. The summed E-state index contributed by atoms with van der Waals surface area (Å²) in [6.45, 7) is 2.05. The molecule has 9 nitrogen and oxygen atoms in total. The highest BCUT2D eigenvalue weighted by Crippen LogP contribution is 2.37. The van der Waals surface area contributed by atoms with Crippen molar-refractivity contribution >= 4 is 7.82 Å². The van der Waals surface area contributed by atoms with E-state index in [0.717, 1.165) is 16.7 Å². The molecule has 0 amide bonds. The van der Waals surface area contributed by atoms with E-state index in [0.29, 0.717) is 24.6 Å². The standard InChI is InChI=1S/C25H27N2O7P/c1-17(28)25-26-12-13-27(25)22(14-34-35(30,31)32)11-4-18-2-5-19(6-3-18)20-7-9-21(10-8-20)23-15-33-16-24(23)29/h2-3,5-10,12-13,17,22-24,28-29H,14-16H2,1H3,(H2,30,31,32)/t17-,22-,23-,24+/m0/s1. The number of aliphatic hydroxyl groups excluding tert-OH is 2. The molecule has 0 unspecified atom stereocenters. The van der Waals surface area contributed by atoms with E-state index in [1.54, 1.807) is 13.1 Å². The van der Waals surface area contributed by atoms with Gasteiger partial charge < -0.3 is 29.3 Å². The van der Waals surface area contributed by atoms with E-state index in [4.69, 9.17) is 14.5 Å². The van der Waals surface area contributed by atoms with Crippen molar-refractivity contribution in [3.63, 3.8) is 0 Å². The first kappa shape index (κ1) is 25.3. The van der Waals surface area contributed by atoms with Gasteiger partial charge >= 0.3 is 7.82 Å². The van der Waals surface area contributed by atoms with Crippen molar-refractivity contribution in [1.82, 2.24) is 9.55 Å². The molecule has 35 heavy (non-hydrogen) atoms. The Kier molecular flexibility index (Phi) is 7.85. The van der Waals surface area contributed by atoms with Crippen molar-refractivity contribution in [2.24, 2.45) is 0 Å². The Morgan fingerprint density at radius 1 is 1.14 bits per heavy atom. The smallest absolute Gasteiger partial charge is 0.390 e. The predicted octanol–water partition coefficient (Wildman–Crippen LogP) is 2.78. The van der Waals surface area contributed by atoms with Gasteiger partial charge in [-0.05, 0) is 35.7 Å². The lowest BCUT2D eigenvalue weighted by Gasteiger charge is -2.17. The third-order valence-corrected chi connectivity index (χ3v) is 6.28. The van der Waals surface area contributed by atoms with E-state index >= 15 is 0 Å². The summed E-state index contributed by atoms with van der Waals surface area (Å²) in [5, 5.41) is 20.0. The van der Waals surface area contributed by atoms with Crippen molar-refractivity contribution in [2.75, 3.05) is 19.8 Å². The Labute approximate surface area is 203 Å². The molecule has 2 heterocycles. The zero-order chi connectivity index (χ0) is 25.0. The molecule has 0 spiro atoms. The SMILES string of the molecule is C[C@H](O)c1nccn1[C@@H](C#Cc1ccc(-c2ccc([C@@H]3COC[C@H]3O)cc2)cc1)COP(=O)(O)O. The second-order valence-electron chi connectivity index (χ2n) is 8.35. The molecule has 4 atom stereocenters. The molecule has 0 bridgehead atoms. The van der Waals surface area contributed by atoms with Crippen molar-refractivity contribution in [2.45, 2.75) is 31.1 Å². The fraction of sp³-hybridized carbons (Fsp3) is 0.320. The minimum absolute atomic E-state index is 0.00553. The monoisotopic (exact) mass is 498 g/mol. The molecule has 10 heteroatoms. The first-order valence-corrected chi connectivity index (χ1v) is 12.6. The Bertz CT molecular complexity index is 1240. The van der Waals surface area contributed by atoms with Gasteiger partial charge in [0.05, 0.1) is 25.9 Å². The summed E-state index contributed by atoms with van der Waals surface area (Å²) < 4.78 is 22.8. The van der Waals surface area contributed by atoms with E-state index in [1.165, 1.54) is 10.8 Å². The lowest BCUT2D eigenvalue weighted by Crippen LogP contribution is -2.17. The molecule has 0 radical (unpaired) electrons. The van der Waals surface area contributed by atoms with Crippen molar-refractivity contribution in [3.05, 3.63) is 77.9 Å². The van der Waals surface area contributed by atoms with Crippen molar-refractivity contribution in [3.8, 4) is 23.0 Å². The van der Waals surface area contributed by atoms with Gasteiger partial charge in [-0.15, -0.1) is 0 Å². The highest BCUT2D eigenvalue weighted by atomic mass is 31.2. The number of hydrogen-bond donors (Lipinski definition) is 4. The maximum atomic E-state index is 11.2. The molecule has 4 rings (SSSR count). The second kappa shape index (κ2) is 10.9. The average Bonchev–Trinajstić information content (AvgIpc) is 3.48.